The molecule has 1 heterocycles. The van der Waals surface area contributed by atoms with E-state index in [0.717, 1.165) is 18.4 Å². The van der Waals surface area contributed by atoms with Crippen molar-refractivity contribution < 1.29 is 14.0 Å². The van der Waals surface area contributed by atoms with Crippen LogP contribution in [0.1, 0.15) is 41.7 Å². The van der Waals surface area contributed by atoms with Crippen LogP contribution in [0.4, 0.5) is 4.39 Å². The van der Waals surface area contributed by atoms with E-state index >= 15 is 0 Å². The summed E-state index contributed by atoms with van der Waals surface area (Å²) in [6.45, 7) is 0. The highest BCUT2D eigenvalue weighted by molar-refractivity contribution is 5.95. The maximum absolute atomic E-state index is 13.1. The van der Waals surface area contributed by atoms with Crippen LogP contribution in [-0.4, -0.2) is 16.8 Å². The molecule has 1 aromatic heterocycles. The summed E-state index contributed by atoms with van der Waals surface area (Å²) < 4.78 is 13.1. The third-order valence-corrected chi connectivity index (χ3v) is 4.42. The van der Waals surface area contributed by atoms with E-state index in [4.69, 9.17) is 0 Å². The lowest BCUT2D eigenvalue weighted by Gasteiger charge is -2.28. The molecule has 1 aromatic carbocycles. The van der Waals surface area contributed by atoms with Gasteiger partial charge in [0.05, 0.1) is 5.41 Å². The molecule has 0 atom stereocenters. The van der Waals surface area contributed by atoms with Crippen molar-refractivity contribution in [3.8, 4) is 0 Å². The van der Waals surface area contributed by atoms with Crippen molar-refractivity contribution in [1.82, 2.24) is 15.8 Å². The third kappa shape index (κ3) is 2.97. The highest BCUT2D eigenvalue weighted by Crippen LogP contribution is 2.41. The first-order valence-electron chi connectivity index (χ1n) is 7.62. The number of carbonyl (C=O) groups is 2. The molecule has 1 aliphatic rings. The minimum absolute atomic E-state index is 0.262. The molecule has 1 saturated carbocycles. The van der Waals surface area contributed by atoms with Gasteiger partial charge in [0.2, 0.25) is 5.91 Å². The minimum atomic E-state index is -0.712. The molecule has 3 N–H and O–H groups in total. The molecular formula is C17H18FN3O2. The standard InChI is InChI=1S/C17H18FN3O2/c18-13-7-5-12(6-8-13)17(9-1-2-10-17)16(23)21-20-15(22)14-4-3-11-19-14/h3-8,11,19H,1-2,9-10H2,(H,20,22)(H,21,23). The molecule has 0 spiro atoms. The van der Waals surface area contributed by atoms with Crippen LogP contribution >= 0.6 is 0 Å². The van der Waals surface area contributed by atoms with Crippen molar-refractivity contribution in [3.63, 3.8) is 0 Å². The van der Waals surface area contributed by atoms with Crippen LogP contribution in [0.25, 0.3) is 0 Å². The van der Waals surface area contributed by atoms with Gasteiger partial charge in [-0.3, -0.25) is 20.4 Å². The monoisotopic (exact) mass is 315 g/mol. The maximum Gasteiger partial charge on any atom is 0.286 e. The Bertz CT molecular complexity index is 689. The summed E-state index contributed by atoms with van der Waals surface area (Å²) >= 11 is 0. The fourth-order valence-electron chi connectivity index (χ4n) is 3.17. The maximum atomic E-state index is 13.1. The van der Waals surface area contributed by atoms with E-state index in [1.807, 2.05) is 0 Å². The topological polar surface area (TPSA) is 74.0 Å². The predicted octanol–water partition coefficient (Wildman–Crippen LogP) is 2.43. The molecule has 0 unspecified atom stereocenters. The number of H-pyrrole nitrogens is 1. The van der Waals surface area contributed by atoms with E-state index in [1.165, 1.54) is 12.1 Å². The molecule has 2 amide bonds. The normalized spacial score (nSPS) is 16.0. The van der Waals surface area contributed by atoms with Gasteiger partial charge < -0.3 is 4.98 Å². The van der Waals surface area contributed by atoms with E-state index in [0.29, 0.717) is 18.5 Å². The van der Waals surface area contributed by atoms with E-state index in [9.17, 15) is 14.0 Å². The molecule has 1 aliphatic carbocycles. The highest BCUT2D eigenvalue weighted by Gasteiger charge is 2.42. The average molecular weight is 315 g/mol. The Morgan fingerprint density at radius 2 is 1.74 bits per heavy atom. The predicted molar refractivity (Wildman–Crippen MR) is 82.9 cm³/mol. The first-order chi connectivity index (χ1) is 11.1. The summed E-state index contributed by atoms with van der Waals surface area (Å²) in [6, 6.07) is 9.33. The second kappa shape index (κ2) is 6.24. The lowest BCUT2D eigenvalue weighted by molar-refractivity contribution is -0.127. The van der Waals surface area contributed by atoms with Gasteiger partial charge in [0, 0.05) is 6.20 Å². The van der Waals surface area contributed by atoms with Gasteiger partial charge in [-0.05, 0) is 42.7 Å². The Balaban J connectivity index is 1.74. The second-order valence-corrected chi connectivity index (χ2v) is 5.79. The second-order valence-electron chi connectivity index (χ2n) is 5.79. The lowest BCUT2D eigenvalue weighted by atomic mass is 9.78. The first kappa shape index (κ1) is 15.3. The Labute approximate surface area is 133 Å². The number of carbonyl (C=O) groups excluding carboxylic acids is 2. The zero-order valence-electron chi connectivity index (χ0n) is 12.6. The van der Waals surface area contributed by atoms with Crippen molar-refractivity contribution >= 4 is 11.8 Å². The van der Waals surface area contributed by atoms with Gasteiger partial charge in [-0.1, -0.05) is 25.0 Å². The fraction of sp³-hybridized carbons (Fsp3) is 0.294. The van der Waals surface area contributed by atoms with Crippen molar-refractivity contribution in [2.24, 2.45) is 0 Å². The summed E-state index contributed by atoms with van der Waals surface area (Å²) in [6.07, 6.45) is 4.85. The van der Waals surface area contributed by atoms with Crippen molar-refractivity contribution in [3.05, 3.63) is 59.7 Å². The number of hydrogen-bond acceptors (Lipinski definition) is 2. The molecule has 0 bridgehead atoms. The lowest BCUT2D eigenvalue weighted by Crippen LogP contribution is -2.50. The van der Waals surface area contributed by atoms with Gasteiger partial charge in [0.15, 0.2) is 0 Å². The third-order valence-electron chi connectivity index (χ3n) is 4.42. The van der Waals surface area contributed by atoms with Crippen LogP contribution in [0.15, 0.2) is 42.6 Å². The number of nitrogens with one attached hydrogen (secondary N) is 3. The molecule has 1 fully saturated rings. The molecule has 5 nitrogen and oxygen atoms in total. The Hall–Kier alpha value is -2.63. The molecule has 3 rings (SSSR count). The van der Waals surface area contributed by atoms with Gasteiger partial charge in [-0.15, -0.1) is 0 Å². The van der Waals surface area contributed by atoms with Gasteiger partial charge in [-0.2, -0.15) is 0 Å². The summed E-state index contributed by atoms with van der Waals surface area (Å²) in [5.74, 6) is -1.00. The zero-order chi connectivity index (χ0) is 16.3. The SMILES string of the molecule is O=C(NNC(=O)C1(c2ccc(F)cc2)CCCC1)c1ccc[nH]1. The number of hydrazine groups is 1. The molecule has 0 radical (unpaired) electrons. The minimum Gasteiger partial charge on any atom is -0.357 e. The summed E-state index contributed by atoms with van der Waals surface area (Å²) in [7, 11) is 0. The molecular weight excluding hydrogens is 297 g/mol. The van der Waals surface area contributed by atoms with Crippen molar-refractivity contribution in [1.29, 1.82) is 0 Å². The Morgan fingerprint density at radius 1 is 1.04 bits per heavy atom. The van der Waals surface area contributed by atoms with Crippen molar-refractivity contribution in [2.75, 3.05) is 0 Å². The average Bonchev–Trinajstić information content (AvgIpc) is 3.25. The molecule has 120 valence electrons. The van der Waals surface area contributed by atoms with E-state index < -0.39 is 11.3 Å². The number of aromatic amines is 1. The van der Waals surface area contributed by atoms with Gasteiger partial charge in [0.25, 0.3) is 5.91 Å². The van der Waals surface area contributed by atoms with Crippen LogP contribution in [0.5, 0.6) is 0 Å². The van der Waals surface area contributed by atoms with Crippen LogP contribution < -0.4 is 10.9 Å². The van der Waals surface area contributed by atoms with Gasteiger partial charge in [-0.25, -0.2) is 4.39 Å². The summed E-state index contributed by atoms with van der Waals surface area (Å²) in [5.41, 5.74) is 5.38. The van der Waals surface area contributed by atoms with E-state index in [1.54, 1.807) is 30.5 Å². The van der Waals surface area contributed by atoms with Crippen LogP contribution in [0.2, 0.25) is 0 Å². The zero-order valence-corrected chi connectivity index (χ0v) is 12.6. The van der Waals surface area contributed by atoms with Crippen LogP contribution in [-0.2, 0) is 10.2 Å². The van der Waals surface area contributed by atoms with E-state index in [2.05, 4.69) is 15.8 Å². The summed E-state index contributed by atoms with van der Waals surface area (Å²) in [4.78, 5) is 27.4. The first-order valence-corrected chi connectivity index (χ1v) is 7.62. The fourth-order valence-corrected chi connectivity index (χ4v) is 3.17. The van der Waals surface area contributed by atoms with Crippen LogP contribution in [0.3, 0.4) is 0 Å². The smallest absolute Gasteiger partial charge is 0.286 e. The summed E-state index contributed by atoms with van der Waals surface area (Å²) in [5, 5.41) is 0. The molecule has 6 heteroatoms. The number of amides is 2. The number of aromatic nitrogens is 1. The van der Waals surface area contributed by atoms with Crippen molar-refractivity contribution in [2.45, 2.75) is 31.1 Å². The Morgan fingerprint density at radius 3 is 2.35 bits per heavy atom. The quantitative estimate of drug-likeness (QED) is 0.761. The molecule has 23 heavy (non-hydrogen) atoms. The number of halogens is 1. The molecule has 0 aliphatic heterocycles. The number of hydrogen-bond donors (Lipinski definition) is 3. The van der Waals surface area contributed by atoms with Crippen LogP contribution in [0, 0.1) is 5.82 Å². The van der Waals surface area contributed by atoms with Gasteiger partial charge in [0.1, 0.15) is 11.5 Å². The van der Waals surface area contributed by atoms with Gasteiger partial charge >= 0.3 is 0 Å². The molecule has 2 aromatic rings. The van der Waals surface area contributed by atoms with E-state index in [-0.39, 0.29) is 11.7 Å². The Kier molecular flexibility index (Phi) is 4.14. The largest absolute Gasteiger partial charge is 0.357 e. The molecule has 0 saturated heterocycles. The number of benzene rings is 1. The number of rotatable bonds is 3. The highest BCUT2D eigenvalue weighted by atomic mass is 19.1.